The fourth-order valence-electron chi connectivity index (χ4n) is 2.38. The van der Waals surface area contributed by atoms with Crippen molar-refractivity contribution in [2.75, 3.05) is 6.61 Å². The van der Waals surface area contributed by atoms with Crippen LogP contribution in [0.4, 0.5) is 0 Å². The van der Waals surface area contributed by atoms with E-state index in [1.165, 1.54) is 6.08 Å². The third-order valence-corrected chi connectivity index (χ3v) is 4.30. The van der Waals surface area contributed by atoms with Crippen LogP contribution in [0, 0.1) is 11.3 Å². The molecule has 0 atom stereocenters. The number of nitriles is 1. The number of aromatic amines is 1. The van der Waals surface area contributed by atoms with Crippen molar-refractivity contribution in [1.82, 2.24) is 9.97 Å². The Balaban J connectivity index is 1.70. The molecule has 1 aromatic heterocycles. The van der Waals surface area contributed by atoms with Gasteiger partial charge in [-0.1, -0.05) is 41.4 Å². The number of halogens is 2. The summed E-state index contributed by atoms with van der Waals surface area (Å²) < 4.78 is 4.97. The van der Waals surface area contributed by atoms with Gasteiger partial charge < -0.3 is 14.8 Å². The molecule has 0 spiro atoms. The monoisotopic (exact) mass is 413 g/mol. The van der Waals surface area contributed by atoms with Crippen molar-refractivity contribution in [3.63, 3.8) is 0 Å². The van der Waals surface area contributed by atoms with Crippen molar-refractivity contribution in [2.45, 2.75) is 0 Å². The predicted molar refractivity (Wildman–Crippen MR) is 108 cm³/mol. The number of para-hydroxylation sites is 2. The summed E-state index contributed by atoms with van der Waals surface area (Å²) in [6.07, 6.45) is 2.63. The van der Waals surface area contributed by atoms with Gasteiger partial charge >= 0.3 is 5.97 Å². The highest BCUT2D eigenvalue weighted by molar-refractivity contribution is 6.35. The summed E-state index contributed by atoms with van der Waals surface area (Å²) in [6.45, 7) is -0.475. The molecule has 2 N–H and O–H groups in total. The molecule has 6 nitrogen and oxygen atoms in total. The number of aromatic nitrogens is 2. The van der Waals surface area contributed by atoms with Crippen LogP contribution in [0.1, 0.15) is 11.4 Å². The van der Waals surface area contributed by atoms with Gasteiger partial charge in [0.1, 0.15) is 18.2 Å². The molecule has 0 fully saturated rings. The first-order valence-corrected chi connectivity index (χ1v) is 8.80. The van der Waals surface area contributed by atoms with E-state index in [1.807, 2.05) is 18.2 Å². The van der Waals surface area contributed by atoms with Gasteiger partial charge in [0, 0.05) is 16.1 Å². The number of nitrogens with zero attached hydrogens (tertiary/aromatic N) is 2. The molecule has 0 amide bonds. The average Bonchev–Trinajstić information content (AvgIpc) is 3.10. The zero-order valence-corrected chi connectivity index (χ0v) is 15.8. The molecule has 0 aliphatic rings. The van der Waals surface area contributed by atoms with E-state index in [1.54, 1.807) is 30.3 Å². The molecular formula is C20H13Cl2N3O3. The Morgan fingerprint density at radius 1 is 1.29 bits per heavy atom. The molecule has 3 aromatic rings. The van der Waals surface area contributed by atoms with Crippen LogP contribution in [0.15, 0.2) is 54.3 Å². The van der Waals surface area contributed by atoms with E-state index in [2.05, 4.69) is 9.97 Å². The Bertz CT molecular complexity index is 1110. The normalized spacial score (nSPS) is 12.0. The van der Waals surface area contributed by atoms with E-state index in [0.29, 0.717) is 21.1 Å². The standard InChI is InChI=1S/C20H13Cl2N3O3/c21-13-7-5-12(15(22)9-13)6-8-19(27)28-11-18(26)14(10-23)20-24-16-3-1-2-4-17(16)25-20/h1-9,26H,11H2,(H,24,25)/b8-6+,18-14+. The summed E-state index contributed by atoms with van der Waals surface area (Å²) in [5.41, 5.74) is 1.85. The van der Waals surface area contributed by atoms with Crippen LogP contribution in [0.2, 0.25) is 10.0 Å². The Morgan fingerprint density at radius 3 is 2.79 bits per heavy atom. The molecule has 140 valence electrons. The number of aliphatic hydroxyl groups is 1. The van der Waals surface area contributed by atoms with Crippen LogP contribution < -0.4 is 0 Å². The Hall–Kier alpha value is -3.27. The van der Waals surface area contributed by atoms with E-state index in [9.17, 15) is 15.2 Å². The summed E-state index contributed by atoms with van der Waals surface area (Å²) in [5.74, 6) is -0.923. The summed E-state index contributed by atoms with van der Waals surface area (Å²) in [7, 11) is 0. The number of rotatable bonds is 5. The first-order chi connectivity index (χ1) is 13.5. The third-order valence-electron chi connectivity index (χ3n) is 3.74. The maximum atomic E-state index is 11.9. The summed E-state index contributed by atoms with van der Waals surface area (Å²) in [5, 5.41) is 20.4. The fraction of sp³-hybridized carbons (Fsp3) is 0.0500. The zero-order valence-electron chi connectivity index (χ0n) is 14.3. The van der Waals surface area contributed by atoms with Crippen LogP contribution in [-0.2, 0) is 9.53 Å². The maximum Gasteiger partial charge on any atom is 0.331 e. The van der Waals surface area contributed by atoms with E-state index in [4.69, 9.17) is 27.9 Å². The van der Waals surface area contributed by atoms with Crippen LogP contribution in [0.25, 0.3) is 22.7 Å². The third kappa shape index (κ3) is 4.52. The minimum Gasteiger partial charge on any atom is -0.507 e. The summed E-state index contributed by atoms with van der Waals surface area (Å²) in [6, 6.07) is 13.9. The molecule has 0 radical (unpaired) electrons. The number of hydrogen-bond donors (Lipinski definition) is 2. The number of carbonyl (C=O) groups excluding carboxylic acids is 1. The quantitative estimate of drug-likeness (QED) is 0.267. The van der Waals surface area contributed by atoms with Gasteiger partial charge in [-0.2, -0.15) is 5.26 Å². The largest absolute Gasteiger partial charge is 0.507 e. The number of H-pyrrole nitrogens is 1. The molecule has 8 heteroatoms. The van der Waals surface area contributed by atoms with Gasteiger partial charge in [0.05, 0.1) is 11.0 Å². The molecule has 3 rings (SSSR count). The Morgan fingerprint density at radius 2 is 2.07 bits per heavy atom. The fourth-order valence-corrected chi connectivity index (χ4v) is 2.85. The zero-order chi connectivity index (χ0) is 20.1. The lowest BCUT2D eigenvalue weighted by Gasteiger charge is -2.03. The smallest absolute Gasteiger partial charge is 0.331 e. The molecule has 1 heterocycles. The van der Waals surface area contributed by atoms with Crippen molar-refractivity contribution in [3.8, 4) is 6.07 Å². The lowest BCUT2D eigenvalue weighted by molar-refractivity contribution is -0.137. The summed E-state index contributed by atoms with van der Waals surface area (Å²) in [4.78, 5) is 19.1. The van der Waals surface area contributed by atoms with Crippen LogP contribution in [0.3, 0.4) is 0 Å². The van der Waals surface area contributed by atoms with Crippen molar-refractivity contribution in [1.29, 1.82) is 5.26 Å². The van der Waals surface area contributed by atoms with Gasteiger partial charge in [-0.25, -0.2) is 9.78 Å². The van der Waals surface area contributed by atoms with Crippen molar-refractivity contribution in [3.05, 3.63) is 75.7 Å². The molecule has 0 saturated heterocycles. The molecule has 0 bridgehead atoms. The van der Waals surface area contributed by atoms with Gasteiger partial charge in [0.2, 0.25) is 0 Å². The molecule has 0 saturated carbocycles. The number of aliphatic hydroxyl groups excluding tert-OH is 1. The average molecular weight is 414 g/mol. The van der Waals surface area contributed by atoms with Crippen molar-refractivity contribution in [2.24, 2.45) is 0 Å². The number of hydrogen-bond acceptors (Lipinski definition) is 5. The topological polar surface area (TPSA) is 99.0 Å². The SMILES string of the molecule is N#C/C(=C(\O)COC(=O)/C=C/c1ccc(Cl)cc1Cl)c1nc2ccccc2[nH]1. The van der Waals surface area contributed by atoms with Crippen molar-refractivity contribution < 1.29 is 14.6 Å². The van der Waals surface area contributed by atoms with Gasteiger partial charge in [-0.05, 0) is 35.9 Å². The number of nitrogens with one attached hydrogen (secondary N) is 1. The number of esters is 1. The molecule has 28 heavy (non-hydrogen) atoms. The van der Waals surface area contributed by atoms with Gasteiger partial charge in [-0.15, -0.1) is 0 Å². The van der Waals surface area contributed by atoms with Crippen LogP contribution in [-0.4, -0.2) is 27.7 Å². The van der Waals surface area contributed by atoms with Gasteiger partial charge in [-0.3, -0.25) is 0 Å². The number of fused-ring (bicyclic) bond motifs is 1. The molecule has 2 aromatic carbocycles. The highest BCUT2D eigenvalue weighted by Crippen LogP contribution is 2.22. The number of allylic oxidation sites excluding steroid dienone is 1. The first-order valence-electron chi connectivity index (χ1n) is 8.05. The Labute approximate surface area is 170 Å². The lowest BCUT2D eigenvalue weighted by Crippen LogP contribution is -2.06. The predicted octanol–water partition coefficient (Wildman–Crippen LogP) is 4.92. The number of imidazole rings is 1. The van der Waals surface area contributed by atoms with E-state index >= 15 is 0 Å². The molecule has 0 unspecified atom stereocenters. The molecule has 0 aliphatic carbocycles. The second-order valence-electron chi connectivity index (χ2n) is 5.64. The first kappa shape index (κ1) is 19.5. The Kier molecular flexibility index (Phi) is 5.99. The minimum absolute atomic E-state index is 0.103. The second kappa shape index (κ2) is 8.61. The summed E-state index contributed by atoms with van der Waals surface area (Å²) >= 11 is 11.8. The van der Waals surface area contributed by atoms with Crippen molar-refractivity contribution >= 4 is 51.9 Å². The lowest BCUT2D eigenvalue weighted by atomic mass is 10.2. The van der Waals surface area contributed by atoms with Gasteiger partial charge in [0.15, 0.2) is 11.6 Å². The number of ether oxygens (including phenoxy) is 1. The maximum absolute atomic E-state index is 11.9. The number of benzene rings is 2. The molecule has 0 aliphatic heterocycles. The second-order valence-corrected chi connectivity index (χ2v) is 6.49. The highest BCUT2D eigenvalue weighted by Gasteiger charge is 2.14. The van der Waals surface area contributed by atoms with E-state index < -0.39 is 18.3 Å². The van der Waals surface area contributed by atoms with Crippen LogP contribution >= 0.6 is 23.2 Å². The molecular weight excluding hydrogens is 401 g/mol. The number of carbonyl (C=O) groups is 1. The minimum atomic E-state index is -0.709. The van der Waals surface area contributed by atoms with Crippen LogP contribution in [0.5, 0.6) is 0 Å². The van der Waals surface area contributed by atoms with E-state index in [-0.39, 0.29) is 11.4 Å². The van der Waals surface area contributed by atoms with Gasteiger partial charge in [0.25, 0.3) is 0 Å². The highest BCUT2D eigenvalue weighted by atomic mass is 35.5. The van der Waals surface area contributed by atoms with E-state index in [0.717, 1.165) is 11.6 Å².